The Balaban J connectivity index is 1.83. The van der Waals surface area contributed by atoms with Gasteiger partial charge in [-0.25, -0.2) is 14.5 Å². The van der Waals surface area contributed by atoms with Crippen molar-refractivity contribution in [2.24, 2.45) is 0 Å². The molecule has 0 aliphatic carbocycles. The van der Waals surface area contributed by atoms with E-state index in [0.717, 1.165) is 28.5 Å². The van der Waals surface area contributed by atoms with Crippen LogP contribution in [0.3, 0.4) is 0 Å². The van der Waals surface area contributed by atoms with Crippen LogP contribution < -0.4 is 10.6 Å². The summed E-state index contributed by atoms with van der Waals surface area (Å²) in [4.78, 5) is 16.2. The number of nitrogens with one attached hydrogen (secondary N) is 2. The van der Waals surface area contributed by atoms with Crippen molar-refractivity contribution in [2.45, 2.75) is 27.3 Å². The third-order valence-electron chi connectivity index (χ3n) is 3.36. The van der Waals surface area contributed by atoms with Gasteiger partial charge in [-0.2, -0.15) is 5.10 Å². The molecule has 134 valence electrons. The highest BCUT2D eigenvalue weighted by Gasteiger charge is 2.05. The van der Waals surface area contributed by atoms with E-state index in [2.05, 4.69) is 27.3 Å². The molecular weight excluding hydrogens is 318 g/mol. The van der Waals surface area contributed by atoms with Gasteiger partial charge in [0, 0.05) is 12.2 Å². The van der Waals surface area contributed by atoms with Crippen LogP contribution >= 0.6 is 0 Å². The molecule has 0 saturated carbocycles. The SMILES string of the molecule is C=C(C)COCCNC(=O)Nc1cccc(Cn2nc(C)nc2C)c1. The van der Waals surface area contributed by atoms with Gasteiger partial charge in [-0.1, -0.05) is 24.3 Å². The van der Waals surface area contributed by atoms with Crippen LogP contribution in [0, 0.1) is 13.8 Å². The third-order valence-corrected chi connectivity index (χ3v) is 3.36. The average molecular weight is 343 g/mol. The molecule has 0 unspecified atom stereocenters. The van der Waals surface area contributed by atoms with Crippen LogP contribution in [0.2, 0.25) is 0 Å². The van der Waals surface area contributed by atoms with Crippen molar-refractivity contribution in [1.82, 2.24) is 20.1 Å². The molecule has 1 aromatic heterocycles. The summed E-state index contributed by atoms with van der Waals surface area (Å²) in [5.74, 6) is 1.61. The molecule has 1 heterocycles. The maximum atomic E-state index is 11.9. The van der Waals surface area contributed by atoms with Crippen LogP contribution in [0.1, 0.15) is 24.1 Å². The van der Waals surface area contributed by atoms with Gasteiger partial charge < -0.3 is 15.4 Å². The number of aromatic nitrogens is 3. The van der Waals surface area contributed by atoms with Crippen LogP contribution in [0.15, 0.2) is 36.4 Å². The molecular formula is C18H25N5O2. The second kappa shape index (κ2) is 8.98. The highest BCUT2D eigenvalue weighted by Crippen LogP contribution is 2.12. The lowest BCUT2D eigenvalue weighted by atomic mass is 10.2. The van der Waals surface area contributed by atoms with Crippen molar-refractivity contribution in [3.63, 3.8) is 0 Å². The summed E-state index contributed by atoms with van der Waals surface area (Å²) in [6.45, 7) is 11.4. The molecule has 1 aromatic carbocycles. The second-order valence-electron chi connectivity index (χ2n) is 5.95. The highest BCUT2D eigenvalue weighted by atomic mass is 16.5. The van der Waals surface area contributed by atoms with E-state index in [1.165, 1.54) is 0 Å². The Morgan fingerprint density at radius 3 is 2.84 bits per heavy atom. The van der Waals surface area contributed by atoms with Crippen LogP contribution in [0.5, 0.6) is 0 Å². The number of aryl methyl sites for hydroxylation is 2. The van der Waals surface area contributed by atoms with Gasteiger partial charge in [0.05, 0.1) is 19.8 Å². The van der Waals surface area contributed by atoms with Gasteiger partial charge >= 0.3 is 6.03 Å². The molecule has 0 bridgehead atoms. The Labute approximate surface area is 148 Å². The van der Waals surface area contributed by atoms with E-state index in [1.807, 2.05) is 49.7 Å². The maximum absolute atomic E-state index is 11.9. The Morgan fingerprint density at radius 2 is 2.16 bits per heavy atom. The van der Waals surface area contributed by atoms with E-state index in [9.17, 15) is 4.79 Å². The summed E-state index contributed by atoms with van der Waals surface area (Å²) in [6.07, 6.45) is 0. The molecule has 2 N–H and O–H groups in total. The largest absolute Gasteiger partial charge is 0.375 e. The fourth-order valence-electron chi connectivity index (χ4n) is 2.29. The molecule has 0 fully saturated rings. The molecule has 0 spiro atoms. The minimum Gasteiger partial charge on any atom is -0.375 e. The van der Waals surface area contributed by atoms with Crippen molar-refractivity contribution < 1.29 is 9.53 Å². The smallest absolute Gasteiger partial charge is 0.319 e. The number of urea groups is 1. The number of nitrogens with zero attached hydrogens (tertiary/aromatic N) is 3. The predicted molar refractivity (Wildman–Crippen MR) is 97.7 cm³/mol. The highest BCUT2D eigenvalue weighted by molar-refractivity contribution is 5.89. The third kappa shape index (κ3) is 6.39. The first kappa shape index (κ1) is 18.7. The van der Waals surface area contributed by atoms with Crippen molar-refractivity contribution in [1.29, 1.82) is 0 Å². The molecule has 7 nitrogen and oxygen atoms in total. The Hall–Kier alpha value is -2.67. The summed E-state index contributed by atoms with van der Waals surface area (Å²) in [6, 6.07) is 7.41. The molecule has 0 saturated heterocycles. The summed E-state index contributed by atoms with van der Waals surface area (Å²) in [7, 11) is 0. The van der Waals surface area contributed by atoms with Gasteiger partial charge in [0.25, 0.3) is 0 Å². The standard InChI is InChI=1S/C18H25N5O2/c1-13(2)12-25-9-8-19-18(24)21-17-7-5-6-16(10-17)11-23-15(4)20-14(3)22-23/h5-7,10H,1,8-9,11-12H2,2-4H3,(H2,19,21,24). The number of carbonyl (C=O) groups is 1. The maximum Gasteiger partial charge on any atom is 0.319 e. The lowest BCUT2D eigenvalue weighted by Crippen LogP contribution is -2.31. The van der Waals surface area contributed by atoms with Gasteiger partial charge in [0.2, 0.25) is 0 Å². The van der Waals surface area contributed by atoms with E-state index >= 15 is 0 Å². The lowest BCUT2D eigenvalue weighted by molar-refractivity contribution is 0.159. The van der Waals surface area contributed by atoms with Crippen molar-refractivity contribution in [3.8, 4) is 0 Å². The van der Waals surface area contributed by atoms with Gasteiger partial charge in [-0.15, -0.1) is 0 Å². The first-order chi connectivity index (χ1) is 11.9. The summed E-state index contributed by atoms with van der Waals surface area (Å²) >= 11 is 0. The van der Waals surface area contributed by atoms with Crippen LogP contribution in [0.4, 0.5) is 10.5 Å². The summed E-state index contributed by atoms with van der Waals surface area (Å²) in [5.41, 5.74) is 2.72. The topological polar surface area (TPSA) is 81.1 Å². The number of carbonyl (C=O) groups excluding carboxylic acids is 1. The molecule has 2 rings (SSSR count). The molecule has 7 heteroatoms. The van der Waals surface area contributed by atoms with E-state index in [0.29, 0.717) is 26.3 Å². The number of rotatable bonds is 8. The zero-order chi connectivity index (χ0) is 18.2. The average Bonchev–Trinajstić information content (AvgIpc) is 2.84. The van der Waals surface area contributed by atoms with Crippen LogP contribution in [-0.4, -0.2) is 40.6 Å². The van der Waals surface area contributed by atoms with Crippen LogP contribution in [0.25, 0.3) is 0 Å². The molecule has 0 atom stereocenters. The van der Waals surface area contributed by atoms with Crippen LogP contribution in [-0.2, 0) is 11.3 Å². The first-order valence-corrected chi connectivity index (χ1v) is 8.18. The van der Waals surface area contributed by atoms with E-state index in [1.54, 1.807) is 0 Å². The molecule has 0 radical (unpaired) electrons. The Morgan fingerprint density at radius 1 is 1.36 bits per heavy atom. The van der Waals surface area contributed by atoms with E-state index in [4.69, 9.17) is 4.74 Å². The van der Waals surface area contributed by atoms with Gasteiger partial charge in [-0.05, 0) is 38.5 Å². The number of anilines is 1. The molecule has 25 heavy (non-hydrogen) atoms. The van der Waals surface area contributed by atoms with Crippen molar-refractivity contribution in [3.05, 3.63) is 53.6 Å². The fraction of sp³-hybridized carbons (Fsp3) is 0.389. The second-order valence-corrected chi connectivity index (χ2v) is 5.95. The Bertz CT molecular complexity index is 739. The monoisotopic (exact) mass is 343 g/mol. The molecule has 2 aromatic rings. The van der Waals surface area contributed by atoms with Gasteiger partial charge in [0.15, 0.2) is 0 Å². The zero-order valence-corrected chi connectivity index (χ0v) is 15.0. The molecule has 2 amide bonds. The first-order valence-electron chi connectivity index (χ1n) is 8.18. The quantitative estimate of drug-likeness (QED) is 0.570. The van der Waals surface area contributed by atoms with Gasteiger partial charge in [0.1, 0.15) is 11.6 Å². The lowest BCUT2D eigenvalue weighted by Gasteiger charge is -2.10. The Kier molecular flexibility index (Phi) is 6.71. The number of hydrogen-bond donors (Lipinski definition) is 2. The summed E-state index contributed by atoms with van der Waals surface area (Å²) < 4.78 is 7.18. The zero-order valence-electron chi connectivity index (χ0n) is 15.0. The van der Waals surface area contributed by atoms with Crippen molar-refractivity contribution in [2.75, 3.05) is 25.1 Å². The normalized spacial score (nSPS) is 10.5. The van der Waals surface area contributed by atoms with Gasteiger partial charge in [-0.3, -0.25) is 0 Å². The number of benzene rings is 1. The number of hydrogen-bond acceptors (Lipinski definition) is 4. The minimum absolute atomic E-state index is 0.260. The molecule has 0 aliphatic rings. The minimum atomic E-state index is -0.260. The van der Waals surface area contributed by atoms with E-state index in [-0.39, 0.29) is 6.03 Å². The summed E-state index contributed by atoms with van der Waals surface area (Å²) in [5, 5.41) is 9.93. The fourth-order valence-corrected chi connectivity index (χ4v) is 2.29. The predicted octanol–water partition coefficient (Wildman–Crippen LogP) is 2.66. The van der Waals surface area contributed by atoms with E-state index < -0.39 is 0 Å². The number of amides is 2. The number of ether oxygens (including phenoxy) is 1. The molecule has 0 aliphatic heterocycles. The van der Waals surface area contributed by atoms with Crippen molar-refractivity contribution >= 4 is 11.7 Å².